The van der Waals surface area contributed by atoms with Crippen molar-refractivity contribution in [3.63, 3.8) is 0 Å². The molecule has 1 aliphatic carbocycles. The number of carbonyl (C=O) groups is 1. The summed E-state index contributed by atoms with van der Waals surface area (Å²) in [6.07, 6.45) is 5.90. The number of likely N-dealkylation sites (tertiary alicyclic amines) is 1. The fourth-order valence-electron chi connectivity index (χ4n) is 5.25. The van der Waals surface area contributed by atoms with Crippen molar-refractivity contribution < 1.29 is 18.0 Å². The van der Waals surface area contributed by atoms with Gasteiger partial charge in [-0.1, -0.05) is 29.3 Å². The third-order valence-corrected chi connectivity index (χ3v) is 7.36. The van der Waals surface area contributed by atoms with Crippen molar-refractivity contribution in [1.82, 2.24) is 9.88 Å². The second-order valence-corrected chi connectivity index (χ2v) is 9.82. The zero-order valence-corrected chi connectivity index (χ0v) is 20.6. The molecule has 2 aliphatic rings. The van der Waals surface area contributed by atoms with E-state index in [1.54, 1.807) is 0 Å². The van der Waals surface area contributed by atoms with E-state index in [4.69, 9.17) is 16.6 Å². The first kappa shape index (κ1) is 24.6. The molecule has 0 N–H and O–H groups in total. The lowest BCUT2D eigenvalue weighted by molar-refractivity contribution is -0.131. The van der Waals surface area contributed by atoms with Crippen LogP contribution in [0.5, 0.6) is 0 Å². The van der Waals surface area contributed by atoms with Gasteiger partial charge in [0.05, 0.1) is 5.69 Å². The van der Waals surface area contributed by atoms with E-state index in [9.17, 15) is 18.0 Å². The summed E-state index contributed by atoms with van der Waals surface area (Å²) in [5.41, 5.74) is 7.15. The molecule has 1 amide bonds. The number of piperidine rings is 1. The molecule has 1 saturated heterocycles. The predicted octanol–water partition coefficient (Wildman–Crippen LogP) is 6.70. The van der Waals surface area contributed by atoms with Crippen molar-refractivity contribution in [2.45, 2.75) is 44.9 Å². The molecule has 0 saturated carbocycles. The highest BCUT2D eigenvalue weighted by atomic mass is 35.5. The van der Waals surface area contributed by atoms with Gasteiger partial charge in [0.15, 0.2) is 11.6 Å². The average molecular weight is 511 g/mol. The summed E-state index contributed by atoms with van der Waals surface area (Å²) in [5.74, 6) is -3.07. The topological polar surface area (TPSA) is 33.2 Å². The Kier molecular flexibility index (Phi) is 7.15. The van der Waals surface area contributed by atoms with Crippen molar-refractivity contribution in [2.75, 3.05) is 13.1 Å². The number of nitrogens with zero attached hydrogens (tertiary/aromatic N) is 2. The Bertz CT molecular complexity index is 1340. The van der Waals surface area contributed by atoms with Crippen molar-refractivity contribution in [3.8, 4) is 0 Å². The van der Waals surface area contributed by atoms with Gasteiger partial charge < -0.3 is 4.90 Å². The summed E-state index contributed by atoms with van der Waals surface area (Å²) in [6, 6.07) is 11.6. The Morgan fingerprint density at radius 1 is 0.917 bits per heavy atom. The van der Waals surface area contributed by atoms with Crippen LogP contribution in [0.3, 0.4) is 0 Å². The summed E-state index contributed by atoms with van der Waals surface area (Å²) < 4.78 is 40.4. The summed E-state index contributed by atoms with van der Waals surface area (Å²) >= 11 is 6.30. The van der Waals surface area contributed by atoms with Crippen LogP contribution in [0.15, 0.2) is 54.2 Å². The molecule has 0 atom stereocenters. The van der Waals surface area contributed by atoms with E-state index in [-0.39, 0.29) is 24.3 Å². The van der Waals surface area contributed by atoms with E-state index in [1.807, 2.05) is 29.3 Å². The van der Waals surface area contributed by atoms with Crippen molar-refractivity contribution >= 4 is 23.1 Å². The van der Waals surface area contributed by atoms with E-state index in [2.05, 4.69) is 12.1 Å². The highest BCUT2D eigenvalue weighted by Crippen LogP contribution is 2.38. The summed E-state index contributed by atoms with van der Waals surface area (Å²) in [5, 5.41) is 0.723. The van der Waals surface area contributed by atoms with Gasteiger partial charge in [-0.25, -0.2) is 13.2 Å². The molecule has 2 heterocycles. The van der Waals surface area contributed by atoms with E-state index in [1.165, 1.54) is 22.3 Å². The first-order valence-corrected chi connectivity index (χ1v) is 12.6. The van der Waals surface area contributed by atoms with E-state index in [0.29, 0.717) is 25.6 Å². The molecule has 0 bridgehead atoms. The molecule has 2 aromatic carbocycles. The minimum absolute atomic E-state index is 0.00591. The van der Waals surface area contributed by atoms with Gasteiger partial charge in [0, 0.05) is 42.4 Å². The number of halogens is 4. The summed E-state index contributed by atoms with van der Waals surface area (Å²) in [6.45, 7) is 1.20. The number of fused-ring (bicyclic) bond motifs is 2. The lowest BCUT2D eigenvalue weighted by atomic mass is 9.88. The highest BCUT2D eigenvalue weighted by molar-refractivity contribution is 6.30. The Morgan fingerprint density at radius 2 is 1.67 bits per heavy atom. The van der Waals surface area contributed by atoms with Gasteiger partial charge >= 0.3 is 0 Å². The zero-order valence-electron chi connectivity index (χ0n) is 19.8. The second kappa shape index (κ2) is 10.5. The van der Waals surface area contributed by atoms with Crippen LogP contribution in [-0.4, -0.2) is 28.9 Å². The third kappa shape index (κ3) is 5.05. The Hall–Kier alpha value is -3.12. The fraction of sp³-hybridized carbons (Fsp3) is 0.310. The Labute approximate surface area is 213 Å². The van der Waals surface area contributed by atoms with E-state index in [0.717, 1.165) is 48.0 Å². The molecule has 1 fully saturated rings. The zero-order chi connectivity index (χ0) is 25.2. The maximum absolute atomic E-state index is 13.9. The quantitative estimate of drug-likeness (QED) is 0.366. The molecule has 3 aromatic rings. The summed E-state index contributed by atoms with van der Waals surface area (Å²) in [7, 11) is 0. The van der Waals surface area contributed by atoms with Gasteiger partial charge in [0.2, 0.25) is 5.91 Å². The number of aromatic nitrogens is 1. The van der Waals surface area contributed by atoms with Crippen LogP contribution in [0.4, 0.5) is 13.2 Å². The highest BCUT2D eigenvalue weighted by Gasteiger charge is 2.26. The molecule has 186 valence electrons. The van der Waals surface area contributed by atoms with Gasteiger partial charge in [0.25, 0.3) is 0 Å². The minimum Gasteiger partial charge on any atom is -0.342 e. The normalized spacial score (nSPS) is 15.4. The van der Waals surface area contributed by atoms with Crippen LogP contribution >= 0.6 is 11.6 Å². The molecular weight excluding hydrogens is 485 g/mol. The van der Waals surface area contributed by atoms with Gasteiger partial charge in [-0.05, 0) is 85.0 Å². The lowest BCUT2D eigenvalue weighted by Crippen LogP contribution is -2.36. The largest absolute Gasteiger partial charge is 0.342 e. The third-order valence-electron chi connectivity index (χ3n) is 7.13. The van der Waals surface area contributed by atoms with Crippen LogP contribution in [0, 0.1) is 17.5 Å². The number of hydrogen-bond donors (Lipinski definition) is 0. The molecule has 0 spiro atoms. The monoisotopic (exact) mass is 510 g/mol. The number of hydrogen-bond acceptors (Lipinski definition) is 2. The lowest BCUT2D eigenvalue weighted by Gasteiger charge is -2.30. The SMILES string of the molecule is O=C(CCCc1cc(F)c(F)cc1F)N1CCC(=C2c3ccc(Cl)cc3CCc3cccnc32)CC1. The first-order valence-electron chi connectivity index (χ1n) is 12.3. The molecule has 5 rings (SSSR count). The standard InChI is InChI=1S/C29H26ClF3N2O/c30-22-8-9-23-20(15-22)7-6-19-4-2-12-34-29(19)28(23)18-10-13-35(14-11-18)27(36)5-1-3-21-16-25(32)26(33)17-24(21)31/h2,4,8-9,12,15-17H,1,3,5-7,10-11,13-14H2. The maximum Gasteiger partial charge on any atom is 0.222 e. The van der Waals surface area contributed by atoms with Crippen LogP contribution in [-0.2, 0) is 24.1 Å². The van der Waals surface area contributed by atoms with Gasteiger partial charge in [-0.3, -0.25) is 9.78 Å². The number of aryl methyl sites for hydroxylation is 3. The van der Waals surface area contributed by atoms with Crippen LogP contribution in [0.1, 0.15) is 53.6 Å². The number of benzene rings is 2. The maximum atomic E-state index is 13.9. The van der Waals surface area contributed by atoms with Gasteiger partial charge in [-0.2, -0.15) is 0 Å². The molecule has 1 aromatic heterocycles. The molecular formula is C29H26ClF3N2O. The smallest absolute Gasteiger partial charge is 0.222 e. The van der Waals surface area contributed by atoms with Crippen LogP contribution < -0.4 is 0 Å². The van der Waals surface area contributed by atoms with Gasteiger partial charge in [0.1, 0.15) is 5.82 Å². The number of rotatable bonds is 4. The number of carbonyl (C=O) groups excluding carboxylic acids is 1. The van der Waals surface area contributed by atoms with E-state index < -0.39 is 17.5 Å². The average Bonchev–Trinajstić information content (AvgIpc) is 3.03. The van der Waals surface area contributed by atoms with Crippen molar-refractivity contribution in [3.05, 3.63) is 105 Å². The first-order chi connectivity index (χ1) is 17.4. The number of amides is 1. The van der Waals surface area contributed by atoms with Crippen molar-refractivity contribution in [2.24, 2.45) is 0 Å². The molecule has 1 aliphatic heterocycles. The minimum atomic E-state index is -1.21. The molecule has 0 radical (unpaired) electrons. The number of pyridine rings is 1. The molecule has 7 heteroatoms. The van der Waals surface area contributed by atoms with Gasteiger partial charge in [-0.15, -0.1) is 0 Å². The molecule has 3 nitrogen and oxygen atoms in total. The fourth-order valence-corrected chi connectivity index (χ4v) is 5.45. The Balaban J connectivity index is 1.29. The predicted molar refractivity (Wildman–Crippen MR) is 134 cm³/mol. The summed E-state index contributed by atoms with van der Waals surface area (Å²) in [4.78, 5) is 19.4. The van der Waals surface area contributed by atoms with Crippen LogP contribution in [0.25, 0.3) is 5.57 Å². The molecule has 0 unspecified atom stereocenters. The Morgan fingerprint density at radius 3 is 2.47 bits per heavy atom. The second-order valence-electron chi connectivity index (χ2n) is 9.38. The van der Waals surface area contributed by atoms with Crippen LogP contribution in [0.2, 0.25) is 5.02 Å². The molecule has 36 heavy (non-hydrogen) atoms. The van der Waals surface area contributed by atoms with E-state index >= 15 is 0 Å². The van der Waals surface area contributed by atoms with Crippen molar-refractivity contribution in [1.29, 1.82) is 0 Å².